The van der Waals surface area contributed by atoms with Gasteiger partial charge in [0, 0.05) is 62.7 Å². The highest BCUT2D eigenvalue weighted by Crippen LogP contribution is 2.41. The van der Waals surface area contributed by atoms with E-state index in [-0.39, 0.29) is 11.3 Å². The van der Waals surface area contributed by atoms with Crippen molar-refractivity contribution in [1.29, 1.82) is 0 Å². The Morgan fingerprint density at radius 3 is 2.65 bits per heavy atom. The molecule has 0 unspecified atom stereocenters. The molecule has 0 bridgehead atoms. The van der Waals surface area contributed by atoms with Gasteiger partial charge in [0.2, 0.25) is 5.91 Å². The van der Waals surface area contributed by atoms with E-state index in [1.54, 1.807) is 18.5 Å². The zero-order valence-electron chi connectivity index (χ0n) is 18.6. The van der Waals surface area contributed by atoms with Gasteiger partial charge in [-0.1, -0.05) is 38.1 Å². The third-order valence-corrected chi connectivity index (χ3v) is 7.58. The molecule has 6 heteroatoms. The average Bonchev–Trinajstić information content (AvgIpc) is 3.31. The summed E-state index contributed by atoms with van der Waals surface area (Å²) < 4.78 is 5.99. The van der Waals surface area contributed by atoms with Gasteiger partial charge < -0.3 is 9.80 Å². The lowest BCUT2D eigenvalue weighted by molar-refractivity contribution is -0.116. The Hall–Kier alpha value is -2.44. The van der Waals surface area contributed by atoms with Crippen molar-refractivity contribution in [3.05, 3.63) is 53.6 Å². The molecule has 0 spiro atoms. The van der Waals surface area contributed by atoms with E-state index in [0.29, 0.717) is 0 Å². The number of fused-ring (bicyclic) bond motifs is 2. The number of anilines is 2. The van der Waals surface area contributed by atoms with Crippen LogP contribution in [0.15, 0.2) is 42.5 Å². The molecular weight excluding hydrogens is 404 g/mol. The maximum atomic E-state index is 12.0. The van der Waals surface area contributed by atoms with Crippen LogP contribution in [0.5, 0.6) is 0 Å². The van der Waals surface area contributed by atoms with Crippen LogP contribution in [0.1, 0.15) is 31.9 Å². The molecule has 0 saturated carbocycles. The minimum atomic E-state index is 0.0128. The average molecular weight is 435 g/mol. The van der Waals surface area contributed by atoms with E-state index in [4.69, 9.17) is 4.37 Å². The smallest absolute Gasteiger partial charge is 0.223 e. The highest BCUT2D eigenvalue weighted by atomic mass is 32.1. The van der Waals surface area contributed by atoms with Crippen molar-refractivity contribution in [1.82, 2.24) is 9.27 Å². The summed E-state index contributed by atoms with van der Waals surface area (Å²) in [5.74, 6) is 1.28. The summed E-state index contributed by atoms with van der Waals surface area (Å²) in [6, 6.07) is 15.2. The van der Waals surface area contributed by atoms with E-state index in [9.17, 15) is 4.79 Å². The zero-order chi connectivity index (χ0) is 21.6. The molecule has 0 aliphatic carbocycles. The maximum absolute atomic E-state index is 12.0. The van der Waals surface area contributed by atoms with Crippen LogP contribution in [0.3, 0.4) is 0 Å². The largest absolute Gasteiger partial charge is 0.353 e. The van der Waals surface area contributed by atoms with Gasteiger partial charge in [0.25, 0.3) is 0 Å². The number of carbonyl (C=O) groups excluding carboxylic acids is 1. The molecule has 0 radical (unpaired) electrons. The van der Waals surface area contributed by atoms with Crippen molar-refractivity contribution in [2.45, 2.75) is 32.6 Å². The van der Waals surface area contributed by atoms with Gasteiger partial charge in [0.15, 0.2) is 0 Å². The molecule has 2 aliphatic heterocycles. The molecule has 2 aliphatic rings. The lowest BCUT2D eigenvalue weighted by atomic mass is 9.86. The van der Waals surface area contributed by atoms with Gasteiger partial charge in [0.05, 0.1) is 4.70 Å². The molecule has 162 valence electrons. The minimum absolute atomic E-state index is 0.0128. The number of hydrogen-bond donors (Lipinski definition) is 0. The fourth-order valence-electron chi connectivity index (χ4n) is 4.93. The van der Waals surface area contributed by atoms with Gasteiger partial charge in [-0.3, -0.25) is 9.69 Å². The van der Waals surface area contributed by atoms with E-state index in [1.807, 2.05) is 4.90 Å². The Bertz CT molecular complexity index is 1110. The van der Waals surface area contributed by atoms with Crippen LogP contribution in [0.2, 0.25) is 0 Å². The number of amides is 1. The first kappa shape index (κ1) is 20.5. The van der Waals surface area contributed by atoms with Crippen LogP contribution >= 0.6 is 11.5 Å². The summed E-state index contributed by atoms with van der Waals surface area (Å²) in [7, 11) is 0. The third-order valence-electron chi connectivity index (χ3n) is 6.76. The number of rotatable bonds is 4. The number of hydrogen-bond acceptors (Lipinski definition) is 5. The predicted molar refractivity (Wildman–Crippen MR) is 129 cm³/mol. The Morgan fingerprint density at radius 1 is 1.10 bits per heavy atom. The molecule has 5 rings (SSSR count). The van der Waals surface area contributed by atoms with E-state index in [0.717, 1.165) is 57.2 Å². The van der Waals surface area contributed by atoms with E-state index in [1.165, 1.54) is 21.2 Å². The quantitative estimate of drug-likeness (QED) is 0.614. The molecule has 0 N–H and O–H groups in total. The zero-order valence-corrected chi connectivity index (χ0v) is 19.4. The van der Waals surface area contributed by atoms with Crippen LogP contribution in [0, 0.1) is 0 Å². The monoisotopic (exact) mass is 434 g/mol. The molecule has 2 aromatic carbocycles. The summed E-state index contributed by atoms with van der Waals surface area (Å²) in [5.41, 5.74) is 3.77. The SMILES string of the molecule is CC(=O)N1CC(C)(C)c2cc(CCN3CCN(c4nsc5ccccc45)CC3)ccc21. The molecule has 3 heterocycles. The second-order valence-electron chi connectivity index (χ2n) is 9.42. The molecule has 3 aromatic rings. The molecular formula is C25H30N4OS. The van der Waals surface area contributed by atoms with Gasteiger partial charge in [0.1, 0.15) is 5.82 Å². The molecule has 31 heavy (non-hydrogen) atoms. The summed E-state index contributed by atoms with van der Waals surface area (Å²) in [6.07, 6.45) is 1.04. The minimum Gasteiger partial charge on any atom is -0.353 e. The molecule has 0 atom stereocenters. The summed E-state index contributed by atoms with van der Waals surface area (Å²) in [4.78, 5) is 18.9. The fourth-order valence-corrected chi connectivity index (χ4v) is 5.73. The van der Waals surface area contributed by atoms with Gasteiger partial charge in [-0.2, -0.15) is 4.37 Å². The molecule has 1 fully saturated rings. The highest BCUT2D eigenvalue weighted by molar-refractivity contribution is 7.13. The summed E-state index contributed by atoms with van der Waals surface area (Å²) >= 11 is 1.60. The Morgan fingerprint density at radius 2 is 1.87 bits per heavy atom. The van der Waals surface area contributed by atoms with Crippen molar-refractivity contribution >= 4 is 39.0 Å². The van der Waals surface area contributed by atoms with Crippen molar-refractivity contribution < 1.29 is 4.79 Å². The van der Waals surface area contributed by atoms with E-state index >= 15 is 0 Å². The number of carbonyl (C=O) groups is 1. The molecule has 1 saturated heterocycles. The van der Waals surface area contributed by atoms with Crippen LogP contribution in [-0.4, -0.2) is 54.4 Å². The second-order valence-corrected chi connectivity index (χ2v) is 10.2. The van der Waals surface area contributed by atoms with Crippen molar-refractivity contribution in [3.63, 3.8) is 0 Å². The predicted octanol–water partition coefficient (Wildman–Crippen LogP) is 4.31. The van der Waals surface area contributed by atoms with Crippen LogP contribution in [0.25, 0.3) is 10.1 Å². The molecule has 1 aromatic heterocycles. The van der Waals surface area contributed by atoms with Gasteiger partial charge in [-0.05, 0) is 47.3 Å². The molecule has 5 nitrogen and oxygen atoms in total. The lowest BCUT2D eigenvalue weighted by Gasteiger charge is -2.35. The van der Waals surface area contributed by atoms with E-state index < -0.39 is 0 Å². The Kier molecular flexibility index (Phi) is 5.22. The van der Waals surface area contributed by atoms with Crippen LogP contribution in [0.4, 0.5) is 11.5 Å². The number of piperazine rings is 1. The first-order valence-electron chi connectivity index (χ1n) is 11.2. The fraction of sp³-hybridized carbons (Fsp3) is 0.440. The summed E-state index contributed by atoms with van der Waals surface area (Å²) in [5, 5.41) is 1.28. The number of aromatic nitrogens is 1. The normalized spacial score (nSPS) is 18.5. The lowest BCUT2D eigenvalue weighted by Crippen LogP contribution is -2.47. The highest BCUT2D eigenvalue weighted by Gasteiger charge is 2.36. The van der Waals surface area contributed by atoms with Gasteiger partial charge in [-0.25, -0.2) is 0 Å². The van der Waals surface area contributed by atoms with Crippen LogP contribution in [-0.2, 0) is 16.6 Å². The topological polar surface area (TPSA) is 39.7 Å². The standard InChI is InChI=1S/C25H30N4OS/c1-18(30)29-17-25(2,3)21-16-19(8-9-22(21)29)10-11-27-12-14-28(15-13-27)24-20-6-4-5-7-23(20)31-26-24/h4-9,16H,10-15,17H2,1-3H3. The van der Waals surface area contributed by atoms with Crippen molar-refractivity contribution in [3.8, 4) is 0 Å². The first-order chi connectivity index (χ1) is 14.9. The maximum Gasteiger partial charge on any atom is 0.223 e. The Balaban J connectivity index is 1.21. The Labute approximate surface area is 188 Å². The van der Waals surface area contributed by atoms with Crippen molar-refractivity contribution in [2.24, 2.45) is 0 Å². The van der Waals surface area contributed by atoms with Crippen LogP contribution < -0.4 is 9.80 Å². The first-order valence-corrected chi connectivity index (χ1v) is 11.9. The number of nitrogens with zero attached hydrogens (tertiary/aromatic N) is 4. The van der Waals surface area contributed by atoms with E-state index in [2.05, 4.69) is 66.1 Å². The van der Waals surface area contributed by atoms with Gasteiger partial charge >= 0.3 is 0 Å². The number of benzene rings is 2. The third kappa shape index (κ3) is 3.83. The second kappa shape index (κ2) is 7.92. The summed E-state index contributed by atoms with van der Waals surface area (Å²) in [6.45, 7) is 12.2. The van der Waals surface area contributed by atoms with Gasteiger partial charge in [-0.15, -0.1) is 0 Å². The molecule has 1 amide bonds. The van der Waals surface area contributed by atoms with Crippen molar-refractivity contribution in [2.75, 3.05) is 49.1 Å².